The minimum atomic E-state index is -0.471. The van der Waals surface area contributed by atoms with Crippen molar-refractivity contribution in [3.63, 3.8) is 0 Å². The molecule has 2 N–H and O–H groups in total. The van der Waals surface area contributed by atoms with E-state index in [1.165, 1.54) is 5.56 Å². The fraction of sp³-hybridized carbons (Fsp3) is 0.368. The van der Waals surface area contributed by atoms with Gasteiger partial charge < -0.3 is 20.1 Å². The summed E-state index contributed by atoms with van der Waals surface area (Å²) in [7, 11) is 4.06. The highest BCUT2D eigenvalue weighted by molar-refractivity contribution is 7.99. The number of para-hydroxylation sites is 1. The minimum Gasteiger partial charge on any atom is -0.491 e. The molecule has 0 aromatic heterocycles. The summed E-state index contributed by atoms with van der Waals surface area (Å²) in [5.41, 5.74) is 8.00. The van der Waals surface area contributed by atoms with Gasteiger partial charge in [0, 0.05) is 22.0 Å². The van der Waals surface area contributed by atoms with Crippen molar-refractivity contribution in [2.24, 2.45) is 0 Å². The summed E-state index contributed by atoms with van der Waals surface area (Å²) in [6.07, 6.45) is 0. The predicted molar refractivity (Wildman–Crippen MR) is 101 cm³/mol. The van der Waals surface area contributed by atoms with Gasteiger partial charge in [-0.15, -0.1) is 0 Å². The Bertz CT molecular complexity index is 668. The third-order valence-electron chi connectivity index (χ3n) is 3.38. The van der Waals surface area contributed by atoms with Crippen molar-refractivity contribution < 1.29 is 13.9 Å². The summed E-state index contributed by atoms with van der Waals surface area (Å²) in [6.45, 7) is 1.22. The van der Waals surface area contributed by atoms with Crippen molar-refractivity contribution in [3.8, 4) is 5.75 Å². The van der Waals surface area contributed by atoms with Crippen molar-refractivity contribution in [3.05, 3.63) is 48.0 Å². The van der Waals surface area contributed by atoms with Crippen LogP contribution in [-0.4, -0.2) is 45.5 Å². The van der Waals surface area contributed by atoms with Gasteiger partial charge in [-0.05, 0) is 50.0 Å². The van der Waals surface area contributed by atoms with Crippen LogP contribution >= 0.6 is 11.8 Å². The van der Waals surface area contributed by atoms with E-state index >= 15 is 0 Å². The van der Waals surface area contributed by atoms with E-state index in [4.69, 9.17) is 15.2 Å². The van der Waals surface area contributed by atoms with Crippen molar-refractivity contribution in [2.75, 3.05) is 46.3 Å². The standard InChI is InChI=1S/C19H25FN2O2S/c1-22(2)14-15-13-16(24-12-11-23-10-9-20)7-8-18(15)25-19-6-4-3-5-17(19)21/h3-8,13H,9-12,14,21H2,1-2H3. The number of alkyl halides is 1. The molecule has 25 heavy (non-hydrogen) atoms. The van der Waals surface area contributed by atoms with Gasteiger partial charge in [-0.2, -0.15) is 0 Å². The second-order valence-electron chi connectivity index (χ2n) is 5.80. The van der Waals surface area contributed by atoms with Crippen molar-refractivity contribution in [1.82, 2.24) is 4.90 Å². The molecule has 0 saturated carbocycles. The first-order valence-electron chi connectivity index (χ1n) is 8.16. The van der Waals surface area contributed by atoms with Gasteiger partial charge in [0.25, 0.3) is 0 Å². The number of hydrogen-bond donors (Lipinski definition) is 1. The van der Waals surface area contributed by atoms with Gasteiger partial charge in [0.1, 0.15) is 19.0 Å². The summed E-state index contributed by atoms with van der Waals surface area (Å²) in [5, 5.41) is 0. The second-order valence-corrected chi connectivity index (χ2v) is 6.88. The van der Waals surface area contributed by atoms with Crippen LogP contribution in [0.2, 0.25) is 0 Å². The lowest BCUT2D eigenvalue weighted by Gasteiger charge is -2.16. The monoisotopic (exact) mass is 364 g/mol. The predicted octanol–water partition coefficient (Wildman–Crippen LogP) is 3.85. The molecule has 0 aliphatic heterocycles. The molecule has 2 aromatic carbocycles. The van der Waals surface area contributed by atoms with Crippen LogP contribution in [0.3, 0.4) is 0 Å². The van der Waals surface area contributed by atoms with Gasteiger partial charge in [0.15, 0.2) is 0 Å². The van der Waals surface area contributed by atoms with E-state index in [0.29, 0.717) is 13.2 Å². The van der Waals surface area contributed by atoms with Crippen LogP contribution in [0.4, 0.5) is 10.1 Å². The van der Waals surface area contributed by atoms with Crippen molar-refractivity contribution in [2.45, 2.75) is 16.3 Å². The highest BCUT2D eigenvalue weighted by Gasteiger charge is 2.09. The molecule has 2 rings (SSSR count). The topological polar surface area (TPSA) is 47.7 Å². The molecule has 0 unspecified atom stereocenters. The fourth-order valence-corrected chi connectivity index (χ4v) is 3.24. The number of nitrogens with zero attached hydrogens (tertiary/aromatic N) is 1. The lowest BCUT2D eigenvalue weighted by molar-refractivity contribution is 0.0896. The average molecular weight is 364 g/mol. The Morgan fingerprint density at radius 1 is 1.04 bits per heavy atom. The van der Waals surface area contributed by atoms with E-state index in [2.05, 4.69) is 4.90 Å². The average Bonchev–Trinajstić information content (AvgIpc) is 2.58. The number of nitrogen functional groups attached to an aromatic ring is 1. The Balaban J connectivity index is 2.09. The number of benzene rings is 2. The van der Waals surface area contributed by atoms with Crippen LogP contribution in [0.25, 0.3) is 0 Å². The maximum Gasteiger partial charge on any atom is 0.119 e. The van der Waals surface area contributed by atoms with Crippen LogP contribution in [0.1, 0.15) is 5.56 Å². The lowest BCUT2D eigenvalue weighted by atomic mass is 10.2. The second kappa shape index (κ2) is 10.3. The molecule has 0 atom stereocenters. The normalized spacial score (nSPS) is 11.0. The number of anilines is 1. The molecular weight excluding hydrogens is 339 g/mol. The van der Waals surface area contributed by atoms with E-state index < -0.39 is 6.67 Å². The highest BCUT2D eigenvalue weighted by atomic mass is 32.2. The molecule has 0 aliphatic carbocycles. The van der Waals surface area contributed by atoms with Crippen molar-refractivity contribution >= 4 is 17.4 Å². The van der Waals surface area contributed by atoms with Gasteiger partial charge >= 0.3 is 0 Å². The van der Waals surface area contributed by atoms with E-state index in [-0.39, 0.29) is 6.61 Å². The first-order chi connectivity index (χ1) is 12.1. The quantitative estimate of drug-likeness (QED) is 0.513. The molecular formula is C19H25FN2O2S. The molecule has 0 fully saturated rings. The van der Waals surface area contributed by atoms with Gasteiger partial charge in [-0.25, -0.2) is 4.39 Å². The zero-order valence-electron chi connectivity index (χ0n) is 14.7. The molecule has 0 bridgehead atoms. The van der Waals surface area contributed by atoms with E-state index in [9.17, 15) is 4.39 Å². The van der Waals surface area contributed by atoms with E-state index in [1.54, 1.807) is 11.8 Å². The molecule has 6 heteroatoms. The molecule has 136 valence electrons. The molecule has 0 heterocycles. The number of hydrogen-bond acceptors (Lipinski definition) is 5. The van der Waals surface area contributed by atoms with Crippen LogP contribution in [0.5, 0.6) is 5.75 Å². The van der Waals surface area contributed by atoms with Gasteiger partial charge in [-0.1, -0.05) is 23.9 Å². The van der Waals surface area contributed by atoms with Gasteiger partial charge in [0.2, 0.25) is 0 Å². The van der Waals surface area contributed by atoms with Crippen molar-refractivity contribution in [1.29, 1.82) is 0 Å². The molecule has 4 nitrogen and oxygen atoms in total. The van der Waals surface area contributed by atoms with Crippen LogP contribution in [0.15, 0.2) is 52.3 Å². The van der Waals surface area contributed by atoms with Crippen LogP contribution in [-0.2, 0) is 11.3 Å². The van der Waals surface area contributed by atoms with E-state index in [1.807, 2.05) is 56.6 Å². The number of halogens is 1. The fourth-order valence-electron chi connectivity index (χ4n) is 2.28. The Hall–Kier alpha value is -1.76. The number of nitrogens with two attached hydrogens (primary N) is 1. The maximum atomic E-state index is 12.0. The Morgan fingerprint density at radius 3 is 2.56 bits per heavy atom. The zero-order chi connectivity index (χ0) is 18.1. The summed E-state index contributed by atoms with van der Waals surface area (Å²) in [6, 6.07) is 13.9. The lowest BCUT2D eigenvalue weighted by Crippen LogP contribution is -2.12. The number of rotatable bonds is 10. The van der Waals surface area contributed by atoms with Gasteiger partial charge in [-0.3, -0.25) is 0 Å². The Labute approximate surface area is 153 Å². The smallest absolute Gasteiger partial charge is 0.119 e. The van der Waals surface area contributed by atoms with E-state index in [0.717, 1.165) is 27.8 Å². The Morgan fingerprint density at radius 2 is 1.84 bits per heavy atom. The molecule has 0 saturated heterocycles. The Kier molecular flexibility index (Phi) is 8.04. The maximum absolute atomic E-state index is 12.0. The van der Waals surface area contributed by atoms with Gasteiger partial charge in [0.05, 0.1) is 13.2 Å². The van der Waals surface area contributed by atoms with Crippen LogP contribution < -0.4 is 10.5 Å². The van der Waals surface area contributed by atoms with Crippen LogP contribution in [0, 0.1) is 0 Å². The molecule has 0 aliphatic rings. The summed E-state index contributed by atoms with van der Waals surface area (Å²) in [4.78, 5) is 4.30. The molecule has 0 radical (unpaired) electrons. The first kappa shape index (κ1) is 19.6. The summed E-state index contributed by atoms with van der Waals surface area (Å²) < 4.78 is 22.8. The summed E-state index contributed by atoms with van der Waals surface area (Å²) >= 11 is 1.65. The SMILES string of the molecule is CN(C)Cc1cc(OCCOCCF)ccc1Sc1ccccc1N. The molecule has 2 aromatic rings. The third-order valence-corrected chi connectivity index (χ3v) is 4.59. The minimum absolute atomic E-state index is 0.114. The third kappa shape index (κ3) is 6.57. The molecule has 0 spiro atoms. The zero-order valence-corrected chi connectivity index (χ0v) is 15.5. The molecule has 0 amide bonds. The first-order valence-corrected chi connectivity index (χ1v) is 8.98. The largest absolute Gasteiger partial charge is 0.491 e. The summed E-state index contributed by atoms with van der Waals surface area (Å²) in [5.74, 6) is 0.783. The number of ether oxygens (including phenoxy) is 2. The highest BCUT2D eigenvalue weighted by Crippen LogP contribution is 2.35.